The summed E-state index contributed by atoms with van der Waals surface area (Å²) >= 11 is 0. The monoisotopic (exact) mass is 374 g/mol. The highest BCUT2D eigenvalue weighted by Crippen LogP contribution is 2.38. The number of piperidine rings is 1. The van der Waals surface area contributed by atoms with E-state index in [1.165, 1.54) is 6.07 Å². The van der Waals surface area contributed by atoms with Crippen molar-refractivity contribution in [3.8, 4) is 5.75 Å². The number of benzene rings is 1. The molecule has 0 unspecified atom stereocenters. The van der Waals surface area contributed by atoms with E-state index in [1.54, 1.807) is 37.8 Å². The Morgan fingerprint density at radius 1 is 1.23 bits per heavy atom. The Morgan fingerprint density at radius 3 is 2.38 bits per heavy atom. The third-order valence-electron chi connectivity index (χ3n) is 4.04. The third-order valence-corrected chi connectivity index (χ3v) is 4.04. The molecule has 2 N–H and O–H groups in total. The number of alkyl halides is 3. The molecule has 2 rings (SSSR count). The van der Waals surface area contributed by atoms with Crippen molar-refractivity contribution in [2.45, 2.75) is 51.3 Å². The summed E-state index contributed by atoms with van der Waals surface area (Å²) in [5.41, 5.74) is 6.09. The van der Waals surface area contributed by atoms with Gasteiger partial charge < -0.3 is 20.1 Å². The van der Waals surface area contributed by atoms with Gasteiger partial charge in [0.25, 0.3) is 0 Å². The van der Waals surface area contributed by atoms with E-state index in [9.17, 15) is 18.0 Å². The molecular formula is C18H25F3N2O3. The fourth-order valence-electron chi connectivity index (χ4n) is 2.92. The maximum absolute atomic E-state index is 12.5. The zero-order valence-corrected chi connectivity index (χ0v) is 15.2. The van der Waals surface area contributed by atoms with Crippen LogP contribution in [0.25, 0.3) is 0 Å². The molecule has 0 atom stereocenters. The summed E-state index contributed by atoms with van der Waals surface area (Å²) in [5, 5.41) is 0. The van der Waals surface area contributed by atoms with Crippen molar-refractivity contribution in [3.05, 3.63) is 23.8 Å². The zero-order chi connectivity index (χ0) is 19.5. The number of nitrogens with zero attached hydrogens (tertiary/aromatic N) is 1. The van der Waals surface area contributed by atoms with Crippen molar-refractivity contribution < 1.29 is 27.4 Å². The van der Waals surface area contributed by atoms with Crippen molar-refractivity contribution >= 4 is 11.8 Å². The van der Waals surface area contributed by atoms with Gasteiger partial charge in [-0.2, -0.15) is 13.2 Å². The van der Waals surface area contributed by atoms with Crippen LogP contribution in [-0.4, -0.2) is 42.5 Å². The van der Waals surface area contributed by atoms with Crippen molar-refractivity contribution in [1.29, 1.82) is 0 Å². The third kappa shape index (κ3) is 5.71. The molecule has 0 aliphatic carbocycles. The number of halogens is 3. The molecule has 1 aliphatic rings. The van der Waals surface area contributed by atoms with Crippen molar-refractivity contribution in [2.75, 3.05) is 25.4 Å². The molecule has 0 spiro atoms. The summed E-state index contributed by atoms with van der Waals surface area (Å²) in [6.45, 7) is 4.95. The number of ether oxygens (including phenoxy) is 2. The van der Waals surface area contributed by atoms with Crippen LogP contribution in [0.2, 0.25) is 0 Å². The standard InChI is InChI=1S/C18H25F3N2O3/c1-17(2,3)26-16(24)23-9-7-12(8-10-23)13-5-4-6-14(22)15(13)25-11-18(19,20)21/h4-6,12H,7-11,22H2,1-3H3. The first-order valence-electron chi connectivity index (χ1n) is 8.52. The van der Waals surface area contributed by atoms with E-state index in [2.05, 4.69) is 0 Å². The van der Waals surface area contributed by atoms with Crippen molar-refractivity contribution in [1.82, 2.24) is 4.90 Å². The number of carbonyl (C=O) groups is 1. The highest BCUT2D eigenvalue weighted by atomic mass is 19.4. The summed E-state index contributed by atoms with van der Waals surface area (Å²) in [6, 6.07) is 4.95. The fourth-order valence-corrected chi connectivity index (χ4v) is 2.92. The Balaban J connectivity index is 2.05. The molecule has 5 nitrogen and oxygen atoms in total. The van der Waals surface area contributed by atoms with Gasteiger partial charge in [0.15, 0.2) is 6.61 Å². The van der Waals surface area contributed by atoms with E-state index in [-0.39, 0.29) is 23.4 Å². The van der Waals surface area contributed by atoms with Crippen LogP contribution in [0.5, 0.6) is 5.75 Å². The number of amides is 1. The van der Waals surface area contributed by atoms with Crippen molar-refractivity contribution in [2.24, 2.45) is 0 Å². The molecule has 26 heavy (non-hydrogen) atoms. The minimum Gasteiger partial charge on any atom is -0.482 e. The average molecular weight is 374 g/mol. The minimum absolute atomic E-state index is 0.0274. The van der Waals surface area contributed by atoms with Crippen LogP contribution in [-0.2, 0) is 4.74 Å². The second kappa shape index (κ2) is 7.63. The summed E-state index contributed by atoms with van der Waals surface area (Å²) in [4.78, 5) is 13.7. The average Bonchev–Trinajstić information content (AvgIpc) is 2.51. The Labute approximate surface area is 151 Å². The molecule has 8 heteroatoms. The number of carbonyl (C=O) groups excluding carboxylic acids is 1. The van der Waals surface area contributed by atoms with E-state index in [0.29, 0.717) is 31.5 Å². The van der Waals surface area contributed by atoms with Gasteiger partial charge in [-0.1, -0.05) is 12.1 Å². The van der Waals surface area contributed by atoms with Gasteiger partial charge >= 0.3 is 12.3 Å². The number of para-hydroxylation sites is 1. The van der Waals surface area contributed by atoms with E-state index < -0.39 is 18.4 Å². The van der Waals surface area contributed by atoms with Crippen LogP contribution in [0.1, 0.15) is 45.1 Å². The second-order valence-electron chi connectivity index (χ2n) is 7.41. The van der Waals surface area contributed by atoms with Gasteiger partial charge in [-0.3, -0.25) is 0 Å². The second-order valence-corrected chi connectivity index (χ2v) is 7.41. The van der Waals surface area contributed by atoms with Gasteiger partial charge in [-0.15, -0.1) is 0 Å². The quantitative estimate of drug-likeness (QED) is 0.800. The zero-order valence-electron chi connectivity index (χ0n) is 15.2. The number of anilines is 1. The highest BCUT2D eigenvalue weighted by Gasteiger charge is 2.32. The van der Waals surface area contributed by atoms with E-state index in [4.69, 9.17) is 15.2 Å². The molecule has 1 aromatic rings. The minimum atomic E-state index is -4.43. The molecule has 1 saturated heterocycles. The summed E-state index contributed by atoms with van der Waals surface area (Å²) in [6.07, 6.45) is -3.60. The summed E-state index contributed by atoms with van der Waals surface area (Å²) in [5.74, 6) is 0.0564. The lowest BCUT2D eigenvalue weighted by molar-refractivity contribution is -0.153. The van der Waals surface area contributed by atoms with Crippen molar-refractivity contribution in [3.63, 3.8) is 0 Å². The molecule has 1 fully saturated rings. The molecule has 1 aromatic carbocycles. The number of hydrogen-bond donors (Lipinski definition) is 1. The predicted molar refractivity (Wildman–Crippen MR) is 92.2 cm³/mol. The first-order valence-corrected chi connectivity index (χ1v) is 8.52. The number of hydrogen-bond acceptors (Lipinski definition) is 4. The topological polar surface area (TPSA) is 64.8 Å². The predicted octanol–water partition coefficient (Wildman–Crippen LogP) is 4.32. The van der Waals surface area contributed by atoms with Crippen LogP contribution >= 0.6 is 0 Å². The van der Waals surface area contributed by atoms with Gasteiger partial charge in [0.2, 0.25) is 0 Å². The molecule has 1 amide bonds. The lowest BCUT2D eigenvalue weighted by Crippen LogP contribution is -2.41. The van der Waals surface area contributed by atoms with E-state index in [1.807, 2.05) is 0 Å². The summed E-state index contributed by atoms with van der Waals surface area (Å²) in [7, 11) is 0. The Bertz CT molecular complexity index is 634. The number of likely N-dealkylation sites (tertiary alicyclic amines) is 1. The molecule has 1 heterocycles. The lowest BCUT2D eigenvalue weighted by atomic mass is 9.88. The number of rotatable bonds is 3. The van der Waals surface area contributed by atoms with Crippen LogP contribution in [0, 0.1) is 0 Å². The van der Waals surface area contributed by atoms with Gasteiger partial charge in [0.1, 0.15) is 11.4 Å². The van der Waals surface area contributed by atoms with Crippen LogP contribution in [0.4, 0.5) is 23.7 Å². The van der Waals surface area contributed by atoms with Crippen LogP contribution < -0.4 is 10.5 Å². The molecular weight excluding hydrogens is 349 g/mol. The molecule has 0 saturated carbocycles. The number of nitrogens with two attached hydrogens (primary N) is 1. The first kappa shape index (κ1) is 20.2. The van der Waals surface area contributed by atoms with E-state index in [0.717, 1.165) is 0 Å². The largest absolute Gasteiger partial charge is 0.482 e. The Morgan fingerprint density at radius 2 is 1.85 bits per heavy atom. The van der Waals surface area contributed by atoms with Gasteiger partial charge in [0, 0.05) is 13.1 Å². The highest BCUT2D eigenvalue weighted by molar-refractivity contribution is 5.68. The van der Waals surface area contributed by atoms with E-state index >= 15 is 0 Å². The molecule has 1 aliphatic heterocycles. The maximum Gasteiger partial charge on any atom is 0.422 e. The summed E-state index contributed by atoms with van der Waals surface area (Å²) < 4.78 is 47.8. The Kier molecular flexibility index (Phi) is 5.93. The van der Waals surface area contributed by atoms with Gasteiger partial charge in [0.05, 0.1) is 5.69 Å². The lowest BCUT2D eigenvalue weighted by Gasteiger charge is -2.34. The molecule has 0 aromatic heterocycles. The smallest absolute Gasteiger partial charge is 0.422 e. The molecule has 0 radical (unpaired) electrons. The van der Waals surface area contributed by atoms with Crippen LogP contribution in [0.3, 0.4) is 0 Å². The normalized spacial score (nSPS) is 16.5. The molecule has 0 bridgehead atoms. The fraction of sp³-hybridized carbons (Fsp3) is 0.611. The maximum atomic E-state index is 12.5. The SMILES string of the molecule is CC(C)(C)OC(=O)N1CCC(c2cccc(N)c2OCC(F)(F)F)CC1. The van der Waals surface area contributed by atoms with Gasteiger partial charge in [-0.05, 0) is 51.2 Å². The number of nitrogen functional groups attached to an aromatic ring is 1. The Hall–Kier alpha value is -2.12. The van der Waals surface area contributed by atoms with Gasteiger partial charge in [-0.25, -0.2) is 4.79 Å². The first-order chi connectivity index (χ1) is 12.0. The molecule has 146 valence electrons. The van der Waals surface area contributed by atoms with Crippen LogP contribution in [0.15, 0.2) is 18.2 Å².